The minimum Gasteiger partial charge on any atom is -0.497 e. The van der Waals surface area contributed by atoms with E-state index < -0.39 is 0 Å². The van der Waals surface area contributed by atoms with Gasteiger partial charge in [-0.25, -0.2) is 0 Å². The number of hydrogen-bond acceptors (Lipinski definition) is 4. The van der Waals surface area contributed by atoms with Gasteiger partial charge in [0.25, 0.3) is 0 Å². The van der Waals surface area contributed by atoms with Crippen LogP contribution >= 0.6 is 0 Å². The summed E-state index contributed by atoms with van der Waals surface area (Å²) in [4.78, 5) is 6.74. The fourth-order valence-electron chi connectivity index (χ4n) is 3.40. The summed E-state index contributed by atoms with van der Waals surface area (Å²) in [5.74, 6) is 0.838. The average Bonchev–Trinajstić information content (AvgIpc) is 3.16. The van der Waals surface area contributed by atoms with Crippen molar-refractivity contribution in [2.75, 3.05) is 14.2 Å². The van der Waals surface area contributed by atoms with E-state index in [-0.39, 0.29) is 0 Å². The summed E-state index contributed by atoms with van der Waals surface area (Å²) in [5, 5.41) is 8.59. The second-order valence-electron chi connectivity index (χ2n) is 6.66. The monoisotopic (exact) mass is 358 g/mol. The van der Waals surface area contributed by atoms with E-state index in [4.69, 9.17) is 4.74 Å². The Hall–Kier alpha value is -3.18. The summed E-state index contributed by atoms with van der Waals surface area (Å²) in [6, 6.07) is 18.4. The lowest BCUT2D eigenvalue weighted by Gasteiger charge is -2.18. The number of benzene rings is 2. The highest BCUT2D eigenvalue weighted by Gasteiger charge is 2.12. The molecule has 0 aliphatic carbocycles. The van der Waals surface area contributed by atoms with Crippen LogP contribution in [0.4, 0.5) is 0 Å². The van der Waals surface area contributed by atoms with Gasteiger partial charge in [0.15, 0.2) is 0 Å². The third kappa shape index (κ3) is 3.68. The first kappa shape index (κ1) is 17.2. The standard InChI is InChI=1S/C22H22N4O/c1-26(14-17-7-4-10-21-20(17)9-5-11-23-21)15-18-13-24-25-22(18)16-6-3-8-19(12-16)27-2/h3-13H,14-15H2,1-2H3,(H,24,25). The Bertz CT molecular complexity index is 1050. The van der Waals surface area contributed by atoms with Gasteiger partial charge in [0.05, 0.1) is 24.5 Å². The Morgan fingerprint density at radius 2 is 1.85 bits per heavy atom. The van der Waals surface area contributed by atoms with Crippen LogP contribution in [0.3, 0.4) is 0 Å². The number of aromatic nitrogens is 3. The number of nitrogens with one attached hydrogen (secondary N) is 1. The molecule has 0 atom stereocenters. The second-order valence-corrected chi connectivity index (χ2v) is 6.66. The second kappa shape index (κ2) is 7.60. The number of hydrogen-bond donors (Lipinski definition) is 1. The fraction of sp³-hybridized carbons (Fsp3) is 0.182. The topological polar surface area (TPSA) is 54.0 Å². The minimum absolute atomic E-state index is 0.791. The molecule has 0 radical (unpaired) electrons. The summed E-state index contributed by atoms with van der Waals surface area (Å²) < 4.78 is 5.34. The number of ether oxygens (including phenoxy) is 1. The highest BCUT2D eigenvalue weighted by atomic mass is 16.5. The van der Waals surface area contributed by atoms with Gasteiger partial charge >= 0.3 is 0 Å². The SMILES string of the molecule is COc1cccc(-c2[nH]ncc2CN(C)Cc2cccc3ncccc23)c1. The number of pyridine rings is 1. The maximum atomic E-state index is 5.34. The van der Waals surface area contributed by atoms with Gasteiger partial charge in [-0.15, -0.1) is 0 Å². The lowest BCUT2D eigenvalue weighted by molar-refractivity contribution is 0.320. The van der Waals surface area contributed by atoms with Crippen molar-refractivity contribution in [3.8, 4) is 17.0 Å². The molecule has 0 fully saturated rings. The van der Waals surface area contributed by atoms with Gasteiger partial charge in [0.1, 0.15) is 5.75 Å². The van der Waals surface area contributed by atoms with Crippen LogP contribution in [0.5, 0.6) is 5.75 Å². The molecule has 2 aromatic carbocycles. The number of H-pyrrole nitrogens is 1. The largest absolute Gasteiger partial charge is 0.497 e. The maximum Gasteiger partial charge on any atom is 0.119 e. The molecule has 0 aliphatic heterocycles. The Labute approximate surface area is 158 Å². The molecule has 0 saturated heterocycles. The van der Waals surface area contributed by atoms with Crippen LogP contribution in [0.2, 0.25) is 0 Å². The van der Waals surface area contributed by atoms with Gasteiger partial charge in [-0.2, -0.15) is 5.10 Å². The molecule has 5 nitrogen and oxygen atoms in total. The van der Waals surface area contributed by atoms with Crippen molar-refractivity contribution in [3.63, 3.8) is 0 Å². The predicted molar refractivity (Wildman–Crippen MR) is 107 cm³/mol. The third-order valence-corrected chi connectivity index (χ3v) is 4.69. The molecule has 0 aliphatic rings. The molecular formula is C22H22N4O. The quantitative estimate of drug-likeness (QED) is 0.559. The lowest BCUT2D eigenvalue weighted by Crippen LogP contribution is -2.17. The van der Waals surface area contributed by atoms with E-state index in [9.17, 15) is 0 Å². The fourth-order valence-corrected chi connectivity index (χ4v) is 3.40. The van der Waals surface area contributed by atoms with Gasteiger partial charge in [0, 0.05) is 35.8 Å². The molecule has 136 valence electrons. The summed E-state index contributed by atoms with van der Waals surface area (Å²) in [7, 11) is 3.80. The Morgan fingerprint density at radius 3 is 2.74 bits per heavy atom. The van der Waals surface area contributed by atoms with Crippen molar-refractivity contribution in [2.45, 2.75) is 13.1 Å². The third-order valence-electron chi connectivity index (χ3n) is 4.69. The van der Waals surface area contributed by atoms with Crippen molar-refractivity contribution in [2.24, 2.45) is 0 Å². The minimum atomic E-state index is 0.791. The summed E-state index contributed by atoms with van der Waals surface area (Å²) in [6.07, 6.45) is 3.73. The summed E-state index contributed by atoms with van der Waals surface area (Å²) in [6.45, 7) is 1.63. The van der Waals surface area contributed by atoms with Crippen LogP contribution in [0.25, 0.3) is 22.2 Å². The highest BCUT2D eigenvalue weighted by molar-refractivity contribution is 5.81. The van der Waals surface area contributed by atoms with Crippen molar-refractivity contribution in [1.29, 1.82) is 0 Å². The summed E-state index contributed by atoms with van der Waals surface area (Å²) >= 11 is 0. The molecule has 2 heterocycles. The van der Waals surface area contributed by atoms with Crippen LogP contribution in [-0.4, -0.2) is 34.2 Å². The van der Waals surface area contributed by atoms with Crippen molar-refractivity contribution in [1.82, 2.24) is 20.1 Å². The molecule has 4 aromatic rings. The number of nitrogens with zero attached hydrogens (tertiary/aromatic N) is 3. The lowest BCUT2D eigenvalue weighted by atomic mass is 10.1. The van der Waals surface area contributed by atoms with Crippen LogP contribution in [0.15, 0.2) is 67.0 Å². The zero-order valence-corrected chi connectivity index (χ0v) is 15.5. The Morgan fingerprint density at radius 1 is 1.00 bits per heavy atom. The maximum absolute atomic E-state index is 5.34. The van der Waals surface area contributed by atoms with Gasteiger partial charge in [-0.1, -0.05) is 30.3 Å². The molecular weight excluding hydrogens is 336 g/mol. The van der Waals surface area contributed by atoms with Gasteiger partial charge in [0.2, 0.25) is 0 Å². The zero-order valence-electron chi connectivity index (χ0n) is 15.5. The number of rotatable bonds is 6. The smallest absolute Gasteiger partial charge is 0.119 e. The van der Waals surface area contributed by atoms with Crippen LogP contribution < -0.4 is 4.74 Å². The first-order valence-electron chi connectivity index (χ1n) is 8.92. The van der Waals surface area contributed by atoms with E-state index in [1.807, 2.05) is 36.7 Å². The van der Waals surface area contributed by atoms with E-state index in [2.05, 4.69) is 57.5 Å². The Kier molecular flexibility index (Phi) is 4.85. The predicted octanol–water partition coefficient (Wildman–Crippen LogP) is 4.27. The number of aromatic amines is 1. The molecule has 4 rings (SSSR count). The van der Waals surface area contributed by atoms with Crippen molar-refractivity contribution < 1.29 is 4.74 Å². The first-order chi connectivity index (χ1) is 13.2. The number of fused-ring (bicyclic) bond motifs is 1. The van der Waals surface area contributed by atoms with Crippen molar-refractivity contribution >= 4 is 10.9 Å². The van der Waals surface area contributed by atoms with Crippen LogP contribution in [-0.2, 0) is 13.1 Å². The molecule has 0 unspecified atom stereocenters. The van der Waals surface area contributed by atoms with E-state index in [0.29, 0.717) is 0 Å². The molecule has 27 heavy (non-hydrogen) atoms. The molecule has 0 bridgehead atoms. The van der Waals surface area contributed by atoms with Crippen LogP contribution in [0, 0.1) is 0 Å². The van der Waals surface area contributed by atoms with E-state index >= 15 is 0 Å². The van der Waals surface area contributed by atoms with Gasteiger partial charge in [-0.3, -0.25) is 15.0 Å². The average molecular weight is 358 g/mol. The molecule has 0 spiro atoms. The normalized spacial score (nSPS) is 11.2. The van der Waals surface area contributed by atoms with E-state index in [1.165, 1.54) is 10.9 Å². The Balaban J connectivity index is 1.55. The van der Waals surface area contributed by atoms with E-state index in [0.717, 1.165) is 41.2 Å². The molecule has 2 aromatic heterocycles. The highest BCUT2D eigenvalue weighted by Crippen LogP contribution is 2.26. The van der Waals surface area contributed by atoms with Gasteiger partial charge in [-0.05, 0) is 36.9 Å². The van der Waals surface area contributed by atoms with E-state index in [1.54, 1.807) is 7.11 Å². The van der Waals surface area contributed by atoms with Crippen molar-refractivity contribution in [3.05, 3.63) is 78.1 Å². The molecule has 0 amide bonds. The molecule has 5 heteroatoms. The van der Waals surface area contributed by atoms with Gasteiger partial charge < -0.3 is 4.74 Å². The zero-order chi connectivity index (χ0) is 18.6. The number of methoxy groups -OCH3 is 1. The van der Waals surface area contributed by atoms with Crippen LogP contribution in [0.1, 0.15) is 11.1 Å². The molecule has 0 saturated carbocycles. The molecule has 1 N–H and O–H groups in total. The first-order valence-corrected chi connectivity index (χ1v) is 8.92. The summed E-state index contributed by atoms with van der Waals surface area (Å²) in [5.41, 5.74) is 5.56.